The Morgan fingerprint density at radius 3 is 2.93 bits per heavy atom. The van der Waals surface area contributed by atoms with Crippen LogP contribution in [0.5, 0.6) is 0 Å². The van der Waals surface area contributed by atoms with Crippen LogP contribution in [0, 0.1) is 11.3 Å². The van der Waals surface area contributed by atoms with Gasteiger partial charge in [-0.05, 0) is 24.3 Å². The Hall–Kier alpha value is -2.41. The first-order valence-corrected chi connectivity index (χ1v) is 4.35. The summed E-state index contributed by atoms with van der Waals surface area (Å²) in [7, 11) is 0. The zero-order chi connectivity index (χ0) is 10.7. The van der Waals surface area contributed by atoms with Crippen LogP contribution < -0.4 is 0 Å². The molecule has 1 N–H and O–H groups in total. The van der Waals surface area contributed by atoms with Crippen LogP contribution in [0.3, 0.4) is 0 Å². The van der Waals surface area contributed by atoms with Gasteiger partial charge < -0.3 is 4.98 Å². The maximum absolute atomic E-state index is 10.5. The number of hydrogen-bond donors (Lipinski definition) is 1. The number of aromatic amines is 1. The number of nitrogens with one attached hydrogen (secondary N) is 1. The summed E-state index contributed by atoms with van der Waals surface area (Å²) in [5, 5.41) is 8.85. The van der Waals surface area contributed by atoms with Gasteiger partial charge in [-0.3, -0.25) is 4.79 Å². The highest BCUT2D eigenvalue weighted by atomic mass is 16.1. The van der Waals surface area contributed by atoms with Gasteiger partial charge in [0.2, 0.25) is 0 Å². The van der Waals surface area contributed by atoms with Crippen LogP contribution in [0.1, 0.15) is 16.2 Å². The Morgan fingerprint density at radius 1 is 1.40 bits per heavy atom. The van der Waals surface area contributed by atoms with Gasteiger partial charge in [-0.25, -0.2) is 4.98 Å². The summed E-state index contributed by atoms with van der Waals surface area (Å²) in [6, 6.07) is 8.95. The second kappa shape index (κ2) is 3.76. The second-order valence-electron chi connectivity index (χ2n) is 2.96. The standard InChI is InChI=1S/C11H7N3O/c12-6-11-9(2-1-5-13-11)10-4-3-8(7-15)14-10/h1-5,7,14H. The number of H-pyrrole nitrogens is 1. The minimum absolute atomic E-state index is 0.344. The number of hydrogen-bond acceptors (Lipinski definition) is 3. The summed E-state index contributed by atoms with van der Waals surface area (Å²) in [5.41, 5.74) is 2.25. The molecule has 2 aromatic heterocycles. The predicted octanol–water partition coefficient (Wildman–Crippen LogP) is 1.76. The van der Waals surface area contributed by atoms with Crippen molar-refractivity contribution in [3.05, 3.63) is 41.9 Å². The smallest absolute Gasteiger partial charge is 0.166 e. The third kappa shape index (κ3) is 1.63. The number of carbonyl (C=O) groups is 1. The molecule has 0 bridgehead atoms. The van der Waals surface area contributed by atoms with Gasteiger partial charge in [0.1, 0.15) is 11.8 Å². The molecule has 0 aliphatic heterocycles. The highest BCUT2D eigenvalue weighted by molar-refractivity contribution is 5.76. The fourth-order valence-corrected chi connectivity index (χ4v) is 1.35. The van der Waals surface area contributed by atoms with E-state index in [9.17, 15) is 4.79 Å². The maximum Gasteiger partial charge on any atom is 0.166 e. The molecule has 0 aromatic carbocycles. The van der Waals surface area contributed by atoms with Gasteiger partial charge in [0, 0.05) is 17.5 Å². The number of pyridine rings is 1. The lowest BCUT2D eigenvalue weighted by Crippen LogP contribution is -1.88. The Labute approximate surface area is 86.2 Å². The number of aldehydes is 1. The predicted molar refractivity (Wildman–Crippen MR) is 54.1 cm³/mol. The quantitative estimate of drug-likeness (QED) is 0.746. The van der Waals surface area contributed by atoms with Crippen molar-refractivity contribution in [1.82, 2.24) is 9.97 Å². The number of carbonyl (C=O) groups excluding carboxylic acids is 1. The van der Waals surface area contributed by atoms with E-state index in [1.807, 2.05) is 6.07 Å². The molecular formula is C11H7N3O. The van der Waals surface area contributed by atoms with Crippen LogP contribution in [0.25, 0.3) is 11.3 Å². The highest BCUT2D eigenvalue weighted by Crippen LogP contribution is 2.20. The molecule has 2 rings (SSSR count). The molecule has 2 aromatic rings. The average Bonchev–Trinajstić information content (AvgIpc) is 2.77. The third-order valence-corrected chi connectivity index (χ3v) is 2.04. The van der Waals surface area contributed by atoms with E-state index in [2.05, 4.69) is 9.97 Å². The van der Waals surface area contributed by atoms with Crippen LogP contribution in [0.2, 0.25) is 0 Å². The van der Waals surface area contributed by atoms with Crippen molar-refractivity contribution < 1.29 is 4.79 Å². The van der Waals surface area contributed by atoms with Gasteiger partial charge in [0.05, 0.1) is 5.69 Å². The summed E-state index contributed by atoms with van der Waals surface area (Å²) in [6.07, 6.45) is 2.29. The van der Waals surface area contributed by atoms with E-state index in [4.69, 9.17) is 5.26 Å². The van der Waals surface area contributed by atoms with Crippen LogP contribution in [-0.2, 0) is 0 Å². The van der Waals surface area contributed by atoms with E-state index in [0.717, 1.165) is 12.0 Å². The topological polar surface area (TPSA) is 69.5 Å². The number of nitriles is 1. The molecule has 0 radical (unpaired) electrons. The first-order valence-electron chi connectivity index (χ1n) is 4.35. The average molecular weight is 197 g/mol. The van der Waals surface area contributed by atoms with Gasteiger partial charge in [-0.2, -0.15) is 5.26 Å². The molecule has 0 aliphatic rings. The van der Waals surface area contributed by atoms with Crippen molar-refractivity contribution in [2.75, 3.05) is 0 Å². The molecule has 4 nitrogen and oxygen atoms in total. The molecule has 15 heavy (non-hydrogen) atoms. The molecule has 0 saturated carbocycles. The second-order valence-corrected chi connectivity index (χ2v) is 2.96. The summed E-state index contributed by atoms with van der Waals surface area (Å²) < 4.78 is 0. The van der Waals surface area contributed by atoms with Crippen molar-refractivity contribution in [2.45, 2.75) is 0 Å². The summed E-state index contributed by atoms with van der Waals surface area (Å²) >= 11 is 0. The van der Waals surface area contributed by atoms with Gasteiger partial charge in [-0.1, -0.05) is 0 Å². The van der Waals surface area contributed by atoms with Crippen molar-refractivity contribution >= 4 is 6.29 Å². The molecule has 0 amide bonds. The normalized spacial score (nSPS) is 9.53. The Kier molecular flexibility index (Phi) is 2.30. The zero-order valence-electron chi connectivity index (χ0n) is 7.77. The number of rotatable bonds is 2. The number of nitrogens with zero attached hydrogens (tertiary/aromatic N) is 2. The monoisotopic (exact) mass is 197 g/mol. The Bertz CT molecular complexity index is 537. The van der Waals surface area contributed by atoms with Gasteiger partial charge >= 0.3 is 0 Å². The molecule has 0 saturated heterocycles. The molecule has 0 atom stereocenters. The van der Waals surface area contributed by atoms with E-state index >= 15 is 0 Å². The highest BCUT2D eigenvalue weighted by Gasteiger charge is 2.06. The molecule has 0 spiro atoms. The molecule has 0 fully saturated rings. The number of aromatic nitrogens is 2. The Morgan fingerprint density at radius 2 is 2.27 bits per heavy atom. The van der Waals surface area contributed by atoms with E-state index < -0.39 is 0 Å². The fraction of sp³-hybridized carbons (Fsp3) is 0. The minimum atomic E-state index is 0.344. The molecule has 0 aliphatic carbocycles. The van der Waals surface area contributed by atoms with E-state index in [0.29, 0.717) is 17.0 Å². The van der Waals surface area contributed by atoms with Crippen molar-refractivity contribution in [3.8, 4) is 17.3 Å². The van der Waals surface area contributed by atoms with Gasteiger partial charge in [0.15, 0.2) is 6.29 Å². The lowest BCUT2D eigenvalue weighted by Gasteiger charge is -1.98. The molecular weight excluding hydrogens is 190 g/mol. The SMILES string of the molecule is N#Cc1ncccc1-c1ccc(C=O)[nH]1. The van der Waals surface area contributed by atoms with Crippen LogP contribution in [0.4, 0.5) is 0 Å². The van der Waals surface area contributed by atoms with Crippen LogP contribution >= 0.6 is 0 Å². The van der Waals surface area contributed by atoms with E-state index in [-0.39, 0.29) is 0 Å². The molecule has 2 heterocycles. The Balaban J connectivity index is 2.54. The van der Waals surface area contributed by atoms with Crippen LogP contribution in [-0.4, -0.2) is 16.3 Å². The van der Waals surface area contributed by atoms with E-state index in [1.54, 1.807) is 30.5 Å². The lowest BCUT2D eigenvalue weighted by atomic mass is 10.1. The van der Waals surface area contributed by atoms with Crippen molar-refractivity contribution in [3.63, 3.8) is 0 Å². The van der Waals surface area contributed by atoms with Gasteiger partial charge in [0.25, 0.3) is 0 Å². The van der Waals surface area contributed by atoms with Crippen LogP contribution in [0.15, 0.2) is 30.5 Å². The molecule has 72 valence electrons. The summed E-state index contributed by atoms with van der Waals surface area (Å²) in [6.45, 7) is 0. The molecule has 0 unspecified atom stereocenters. The zero-order valence-corrected chi connectivity index (χ0v) is 7.77. The first kappa shape index (κ1) is 9.16. The minimum Gasteiger partial charge on any atom is -0.352 e. The summed E-state index contributed by atoms with van der Waals surface area (Å²) in [4.78, 5) is 17.3. The fourth-order valence-electron chi connectivity index (χ4n) is 1.35. The lowest BCUT2D eigenvalue weighted by molar-refractivity contribution is 0.111. The van der Waals surface area contributed by atoms with Crippen molar-refractivity contribution in [2.24, 2.45) is 0 Å². The van der Waals surface area contributed by atoms with Crippen molar-refractivity contribution in [1.29, 1.82) is 5.26 Å². The third-order valence-electron chi connectivity index (χ3n) is 2.04. The summed E-state index contributed by atoms with van der Waals surface area (Å²) in [5.74, 6) is 0. The van der Waals surface area contributed by atoms with E-state index in [1.165, 1.54) is 0 Å². The van der Waals surface area contributed by atoms with Gasteiger partial charge in [-0.15, -0.1) is 0 Å². The maximum atomic E-state index is 10.5. The first-order chi connectivity index (χ1) is 7.35. The largest absolute Gasteiger partial charge is 0.352 e. The molecule has 4 heteroatoms.